The van der Waals surface area contributed by atoms with Gasteiger partial charge in [0.15, 0.2) is 0 Å². The molecule has 2 rings (SSSR count). The van der Waals surface area contributed by atoms with E-state index in [1.165, 1.54) is 7.11 Å². The molecule has 0 aliphatic carbocycles. The highest BCUT2D eigenvalue weighted by atomic mass is 16.5. The molecule has 0 aliphatic rings. The third-order valence-corrected chi connectivity index (χ3v) is 3.09. The standard InChI is InChI=1S/C14H17N3O4/c1-21-7-6-11(14(19)20)16-13(18)9-17-12-5-3-2-4-10(12)8-15-17/h2-5,8,11H,6-7,9H2,1H3,(H,16,18)(H,19,20). The minimum Gasteiger partial charge on any atom is -0.480 e. The van der Waals surface area contributed by atoms with Crippen LogP contribution in [0.3, 0.4) is 0 Å². The molecule has 0 saturated heterocycles. The maximum atomic E-state index is 12.0. The molecule has 112 valence electrons. The average Bonchev–Trinajstić information content (AvgIpc) is 2.86. The van der Waals surface area contributed by atoms with Crippen LogP contribution in [0.15, 0.2) is 30.5 Å². The number of carboxylic acids is 1. The van der Waals surface area contributed by atoms with Crippen molar-refractivity contribution >= 4 is 22.8 Å². The van der Waals surface area contributed by atoms with E-state index in [4.69, 9.17) is 9.84 Å². The number of ether oxygens (including phenoxy) is 1. The Morgan fingerprint density at radius 3 is 2.90 bits per heavy atom. The lowest BCUT2D eigenvalue weighted by molar-refractivity contribution is -0.142. The molecule has 0 bridgehead atoms. The Kier molecular flexibility index (Phi) is 4.89. The molecule has 0 fully saturated rings. The summed E-state index contributed by atoms with van der Waals surface area (Å²) < 4.78 is 6.38. The van der Waals surface area contributed by atoms with Crippen molar-refractivity contribution in [2.24, 2.45) is 0 Å². The second kappa shape index (κ2) is 6.85. The third-order valence-electron chi connectivity index (χ3n) is 3.09. The van der Waals surface area contributed by atoms with Gasteiger partial charge in [-0.05, 0) is 6.07 Å². The Bertz CT molecular complexity index is 638. The first kappa shape index (κ1) is 15.0. The first-order valence-electron chi connectivity index (χ1n) is 6.53. The molecular formula is C14H17N3O4. The number of fused-ring (bicyclic) bond motifs is 1. The summed E-state index contributed by atoms with van der Waals surface area (Å²) in [6.07, 6.45) is 1.89. The number of methoxy groups -OCH3 is 1. The molecule has 0 radical (unpaired) electrons. The minimum atomic E-state index is -1.08. The number of hydrogen-bond acceptors (Lipinski definition) is 4. The molecule has 0 spiro atoms. The number of amides is 1. The molecular weight excluding hydrogens is 274 g/mol. The van der Waals surface area contributed by atoms with Crippen LogP contribution in [-0.4, -0.2) is 46.5 Å². The average molecular weight is 291 g/mol. The van der Waals surface area contributed by atoms with Gasteiger partial charge in [0.1, 0.15) is 12.6 Å². The van der Waals surface area contributed by atoms with Crippen molar-refractivity contribution in [1.82, 2.24) is 15.1 Å². The van der Waals surface area contributed by atoms with Gasteiger partial charge in [-0.1, -0.05) is 18.2 Å². The molecule has 1 heterocycles. The molecule has 1 aromatic heterocycles. The molecule has 0 saturated carbocycles. The van der Waals surface area contributed by atoms with Gasteiger partial charge in [0.05, 0.1) is 11.7 Å². The highest BCUT2D eigenvalue weighted by molar-refractivity contribution is 5.85. The fraction of sp³-hybridized carbons (Fsp3) is 0.357. The monoisotopic (exact) mass is 291 g/mol. The number of carboxylic acid groups (broad SMARTS) is 1. The van der Waals surface area contributed by atoms with Crippen LogP contribution >= 0.6 is 0 Å². The molecule has 7 heteroatoms. The van der Waals surface area contributed by atoms with Crippen molar-refractivity contribution in [3.05, 3.63) is 30.5 Å². The fourth-order valence-electron chi connectivity index (χ4n) is 2.02. The first-order chi connectivity index (χ1) is 10.1. The Morgan fingerprint density at radius 1 is 1.43 bits per heavy atom. The second-order valence-electron chi connectivity index (χ2n) is 4.60. The second-order valence-corrected chi connectivity index (χ2v) is 4.60. The quantitative estimate of drug-likeness (QED) is 0.781. The van der Waals surface area contributed by atoms with Gasteiger partial charge in [-0.15, -0.1) is 0 Å². The molecule has 0 aliphatic heterocycles. The van der Waals surface area contributed by atoms with Gasteiger partial charge in [-0.3, -0.25) is 9.48 Å². The topological polar surface area (TPSA) is 93.5 Å². The van der Waals surface area contributed by atoms with Gasteiger partial charge in [0.2, 0.25) is 5.91 Å². The fourth-order valence-corrected chi connectivity index (χ4v) is 2.02. The number of nitrogens with zero attached hydrogens (tertiary/aromatic N) is 2. The molecule has 1 atom stereocenters. The van der Waals surface area contributed by atoms with E-state index in [9.17, 15) is 9.59 Å². The highest BCUT2D eigenvalue weighted by Crippen LogP contribution is 2.12. The summed E-state index contributed by atoms with van der Waals surface area (Å²) >= 11 is 0. The molecule has 7 nitrogen and oxygen atoms in total. The van der Waals surface area contributed by atoms with Gasteiger partial charge in [-0.2, -0.15) is 5.10 Å². The number of rotatable bonds is 7. The van der Waals surface area contributed by atoms with Gasteiger partial charge < -0.3 is 15.2 Å². The summed E-state index contributed by atoms with van der Waals surface area (Å²) in [6.45, 7) is 0.242. The molecule has 2 aromatic rings. The molecule has 1 aromatic carbocycles. The zero-order valence-electron chi connectivity index (χ0n) is 11.7. The van der Waals surface area contributed by atoms with Crippen LogP contribution < -0.4 is 5.32 Å². The maximum Gasteiger partial charge on any atom is 0.326 e. The number of carbonyl (C=O) groups is 2. The smallest absolute Gasteiger partial charge is 0.326 e. The van der Waals surface area contributed by atoms with Crippen LogP contribution in [0.2, 0.25) is 0 Å². The summed E-state index contributed by atoms with van der Waals surface area (Å²) in [5, 5.41) is 16.6. The van der Waals surface area contributed by atoms with E-state index >= 15 is 0 Å². The Balaban J connectivity index is 2.02. The third kappa shape index (κ3) is 3.79. The Labute approximate surface area is 121 Å². The number of nitrogens with one attached hydrogen (secondary N) is 1. The molecule has 1 unspecified atom stereocenters. The lowest BCUT2D eigenvalue weighted by Gasteiger charge is -2.14. The predicted molar refractivity (Wildman–Crippen MR) is 75.8 cm³/mol. The van der Waals surface area contributed by atoms with Crippen LogP contribution in [0, 0.1) is 0 Å². The van der Waals surface area contributed by atoms with Gasteiger partial charge >= 0.3 is 5.97 Å². The first-order valence-corrected chi connectivity index (χ1v) is 6.53. The number of aliphatic carboxylic acids is 1. The summed E-state index contributed by atoms with van der Waals surface area (Å²) in [5.74, 6) is -1.47. The SMILES string of the molecule is COCCC(NC(=O)Cn1ncc2ccccc21)C(=O)O. The number of aromatic nitrogens is 2. The number of para-hydroxylation sites is 1. The molecule has 1 amide bonds. The minimum absolute atomic E-state index is 0.0235. The van der Waals surface area contributed by atoms with Crippen molar-refractivity contribution in [3.63, 3.8) is 0 Å². The number of benzene rings is 1. The van der Waals surface area contributed by atoms with Crippen LogP contribution in [0.25, 0.3) is 10.9 Å². The summed E-state index contributed by atoms with van der Waals surface area (Å²) in [5.41, 5.74) is 0.830. The van der Waals surface area contributed by atoms with Gasteiger partial charge in [0.25, 0.3) is 0 Å². The van der Waals surface area contributed by atoms with E-state index in [1.807, 2.05) is 24.3 Å². The van der Waals surface area contributed by atoms with Crippen molar-refractivity contribution in [1.29, 1.82) is 0 Å². The summed E-state index contributed by atoms with van der Waals surface area (Å²) in [4.78, 5) is 23.0. The lowest BCUT2D eigenvalue weighted by atomic mass is 10.2. The zero-order chi connectivity index (χ0) is 15.2. The lowest BCUT2D eigenvalue weighted by Crippen LogP contribution is -2.43. The van der Waals surface area contributed by atoms with E-state index < -0.39 is 17.9 Å². The van der Waals surface area contributed by atoms with Crippen molar-refractivity contribution < 1.29 is 19.4 Å². The Morgan fingerprint density at radius 2 is 2.19 bits per heavy atom. The van der Waals surface area contributed by atoms with E-state index in [-0.39, 0.29) is 19.6 Å². The van der Waals surface area contributed by atoms with Gasteiger partial charge in [-0.25, -0.2) is 4.79 Å². The van der Waals surface area contributed by atoms with Crippen molar-refractivity contribution in [2.45, 2.75) is 19.0 Å². The van der Waals surface area contributed by atoms with E-state index in [0.717, 1.165) is 10.9 Å². The normalized spacial score (nSPS) is 12.2. The summed E-state index contributed by atoms with van der Waals surface area (Å²) in [7, 11) is 1.48. The largest absolute Gasteiger partial charge is 0.480 e. The van der Waals surface area contributed by atoms with Crippen LogP contribution in [-0.2, 0) is 20.9 Å². The highest BCUT2D eigenvalue weighted by Gasteiger charge is 2.20. The molecule has 2 N–H and O–H groups in total. The van der Waals surface area contributed by atoms with E-state index in [0.29, 0.717) is 0 Å². The van der Waals surface area contributed by atoms with Crippen LogP contribution in [0.5, 0.6) is 0 Å². The predicted octanol–water partition coefficient (Wildman–Crippen LogP) is 0.642. The van der Waals surface area contributed by atoms with Crippen molar-refractivity contribution in [3.8, 4) is 0 Å². The molecule has 21 heavy (non-hydrogen) atoms. The Hall–Kier alpha value is -2.41. The van der Waals surface area contributed by atoms with Crippen molar-refractivity contribution in [2.75, 3.05) is 13.7 Å². The van der Waals surface area contributed by atoms with Crippen LogP contribution in [0.1, 0.15) is 6.42 Å². The van der Waals surface area contributed by atoms with E-state index in [2.05, 4.69) is 10.4 Å². The maximum absolute atomic E-state index is 12.0. The number of hydrogen-bond donors (Lipinski definition) is 2. The summed E-state index contributed by atoms with van der Waals surface area (Å²) in [6, 6.07) is 6.54. The van der Waals surface area contributed by atoms with Crippen LogP contribution in [0.4, 0.5) is 0 Å². The zero-order valence-corrected chi connectivity index (χ0v) is 11.7. The number of carbonyl (C=O) groups excluding carboxylic acids is 1. The van der Waals surface area contributed by atoms with E-state index in [1.54, 1.807) is 10.9 Å². The van der Waals surface area contributed by atoms with Gasteiger partial charge in [0, 0.05) is 25.5 Å².